The summed E-state index contributed by atoms with van der Waals surface area (Å²) in [5.41, 5.74) is 10.7. The molecule has 0 aliphatic carbocycles. The van der Waals surface area contributed by atoms with Crippen LogP contribution < -0.4 is 5.73 Å². The van der Waals surface area contributed by atoms with Crippen molar-refractivity contribution in [2.24, 2.45) is 5.73 Å². The molecule has 18 heavy (non-hydrogen) atoms. The van der Waals surface area contributed by atoms with Crippen LogP contribution in [0.1, 0.15) is 16.8 Å². The van der Waals surface area contributed by atoms with Crippen LogP contribution in [0.25, 0.3) is 0 Å². The molecule has 0 amide bonds. The molecule has 0 aliphatic heterocycles. The van der Waals surface area contributed by atoms with Gasteiger partial charge >= 0.3 is 0 Å². The summed E-state index contributed by atoms with van der Waals surface area (Å²) in [4.78, 5) is 6.94. The lowest BCUT2D eigenvalue weighted by Crippen LogP contribution is -2.18. The van der Waals surface area contributed by atoms with E-state index in [1.807, 2.05) is 23.7 Å². The van der Waals surface area contributed by atoms with Crippen LogP contribution in [0.4, 0.5) is 0 Å². The first-order chi connectivity index (χ1) is 8.65. The van der Waals surface area contributed by atoms with Crippen molar-refractivity contribution in [1.29, 1.82) is 0 Å². The zero-order valence-electron chi connectivity index (χ0n) is 10.2. The van der Waals surface area contributed by atoms with Gasteiger partial charge in [-0.25, -0.2) is 4.98 Å². The van der Waals surface area contributed by atoms with E-state index in [2.05, 4.69) is 28.4 Å². The Morgan fingerprint density at radius 1 is 1.44 bits per heavy atom. The van der Waals surface area contributed by atoms with Crippen molar-refractivity contribution >= 4 is 28.5 Å². The van der Waals surface area contributed by atoms with Gasteiger partial charge in [0.2, 0.25) is 0 Å². The van der Waals surface area contributed by atoms with Crippen LogP contribution in [0.2, 0.25) is 0 Å². The van der Waals surface area contributed by atoms with Gasteiger partial charge in [-0.1, -0.05) is 30.4 Å². The highest BCUT2D eigenvalue weighted by atomic mass is 32.1. The van der Waals surface area contributed by atoms with E-state index in [0.717, 1.165) is 24.3 Å². The number of aromatic nitrogens is 1. The van der Waals surface area contributed by atoms with Crippen LogP contribution in [0.5, 0.6) is 0 Å². The fourth-order valence-corrected chi connectivity index (χ4v) is 2.46. The minimum atomic E-state index is 0.444. The maximum atomic E-state index is 5.63. The quantitative estimate of drug-likeness (QED) is 0.852. The minimum absolute atomic E-state index is 0.444. The Labute approximate surface area is 116 Å². The van der Waals surface area contributed by atoms with Crippen LogP contribution in [0.15, 0.2) is 35.2 Å². The molecule has 1 aromatic carbocycles. The topological polar surface area (TPSA) is 42.1 Å². The second-order valence-corrected chi connectivity index (χ2v) is 5.38. The van der Waals surface area contributed by atoms with Crippen LogP contribution in [-0.4, -0.2) is 21.9 Å². The third kappa shape index (κ3) is 3.60. The average molecular weight is 277 g/mol. The maximum Gasteiger partial charge on any atom is 0.103 e. The second kappa shape index (κ2) is 6.04. The molecule has 0 radical (unpaired) electrons. The number of hydrogen-bond acceptors (Lipinski definition) is 4. The monoisotopic (exact) mass is 277 g/mol. The minimum Gasteiger partial charge on any atom is -0.389 e. The van der Waals surface area contributed by atoms with Crippen molar-refractivity contribution in [3.8, 4) is 0 Å². The van der Waals surface area contributed by atoms with Gasteiger partial charge in [-0.3, -0.25) is 4.90 Å². The molecule has 94 valence electrons. The Morgan fingerprint density at radius 3 is 2.94 bits per heavy atom. The summed E-state index contributed by atoms with van der Waals surface area (Å²) in [5, 5.41) is 2.07. The highest BCUT2D eigenvalue weighted by Gasteiger charge is 2.04. The summed E-state index contributed by atoms with van der Waals surface area (Å²) in [6, 6.07) is 8.05. The highest BCUT2D eigenvalue weighted by molar-refractivity contribution is 7.80. The molecule has 3 nitrogen and oxygen atoms in total. The maximum absolute atomic E-state index is 5.63. The average Bonchev–Trinajstić information content (AvgIpc) is 2.82. The van der Waals surface area contributed by atoms with E-state index < -0.39 is 0 Å². The van der Waals surface area contributed by atoms with Crippen molar-refractivity contribution in [3.05, 3.63) is 52.0 Å². The van der Waals surface area contributed by atoms with Gasteiger partial charge in [0.25, 0.3) is 0 Å². The van der Waals surface area contributed by atoms with Crippen LogP contribution in [0.3, 0.4) is 0 Å². The molecule has 0 saturated heterocycles. The fraction of sp³-hybridized carbons (Fsp3) is 0.231. The molecule has 0 spiro atoms. The highest BCUT2D eigenvalue weighted by Crippen LogP contribution is 2.10. The fourth-order valence-electron chi connectivity index (χ4n) is 1.78. The molecule has 0 bridgehead atoms. The summed E-state index contributed by atoms with van der Waals surface area (Å²) in [5.74, 6) is 0. The van der Waals surface area contributed by atoms with E-state index in [4.69, 9.17) is 18.0 Å². The van der Waals surface area contributed by atoms with Gasteiger partial charge in [-0.2, -0.15) is 0 Å². The van der Waals surface area contributed by atoms with Gasteiger partial charge in [0, 0.05) is 24.0 Å². The third-order valence-corrected chi connectivity index (χ3v) is 3.45. The second-order valence-electron chi connectivity index (χ2n) is 4.22. The van der Waals surface area contributed by atoms with Gasteiger partial charge in [-0.15, -0.1) is 11.3 Å². The number of nitrogens with zero attached hydrogens (tertiary/aromatic N) is 2. The third-order valence-electron chi connectivity index (χ3n) is 2.58. The first-order valence-corrected chi connectivity index (χ1v) is 6.94. The standard InChI is InChI=1S/C13H15N3S2/c1-16(7-12-8-18-9-15-12)6-10-3-2-4-11(5-10)13(14)17/h2-5,8-9H,6-7H2,1H3,(H2,14,17). The first-order valence-electron chi connectivity index (χ1n) is 5.59. The van der Waals surface area contributed by atoms with Crippen LogP contribution in [0, 0.1) is 0 Å². The zero-order chi connectivity index (χ0) is 13.0. The predicted molar refractivity (Wildman–Crippen MR) is 79.6 cm³/mol. The first kappa shape index (κ1) is 13.1. The Bertz CT molecular complexity index is 523. The molecule has 2 aromatic rings. The number of rotatable bonds is 5. The molecular weight excluding hydrogens is 262 g/mol. The lowest BCUT2D eigenvalue weighted by molar-refractivity contribution is 0.316. The number of thiazole rings is 1. The van der Waals surface area contributed by atoms with Gasteiger partial charge < -0.3 is 5.73 Å². The van der Waals surface area contributed by atoms with E-state index in [9.17, 15) is 0 Å². The van der Waals surface area contributed by atoms with Crippen molar-refractivity contribution in [3.63, 3.8) is 0 Å². The van der Waals surface area contributed by atoms with Gasteiger partial charge in [0.05, 0.1) is 11.2 Å². The Hall–Kier alpha value is -1.30. The predicted octanol–water partition coefficient (Wildman–Crippen LogP) is 2.41. The molecule has 5 heteroatoms. The molecule has 1 aromatic heterocycles. The van der Waals surface area contributed by atoms with Crippen LogP contribution in [-0.2, 0) is 13.1 Å². The van der Waals surface area contributed by atoms with E-state index in [1.165, 1.54) is 5.56 Å². The largest absolute Gasteiger partial charge is 0.389 e. The number of nitrogens with two attached hydrogens (primary N) is 1. The van der Waals surface area contributed by atoms with Gasteiger partial charge in [0.15, 0.2) is 0 Å². The number of hydrogen-bond donors (Lipinski definition) is 1. The molecular formula is C13H15N3S2. The lowest BCUT2D eigenvalue weighted by atomic mass is 10.1. The van der Waals surface area contributed by atoms with Crippen LogP contribution >= 0.6 is 23.6 Å². The SMILES string of the molecule is CN(Cc1cccc(C(N)=S)c1)Cc1cscn1. The van der Waals surface area contributed by atoms with E-state index in [-0.39, 0.29) is 0 Å². The van der Waals surface area contributed by atoms with E-state index in [0.29, 0.717) is 4.99 Å². The van der Waals surface area contributed by atoms with Gasteiger partial charge in [0.1, 0.15) is 4.99 Å². The lowest BCUT2D eigenvalue weighted by Gasteiger charge is -2.15. The summed E-state index contributed by atoms with van der Waals surface area (Å²) < 4.78 is 0. The Morgan fingerprint density at radius 2 is 2.28 bits per heavy atom. The summed E-state index contributed by atoms with van der Waals surface area (Å²) in [6.07, 6.45) is 0. The molecule has 1 heterocycles. The van der Waals surface area contributed by atoms with Gasteiger partial charge in [-0.05, 0) is 18.7 Å². The smallest absolute Gasteiger partial charge is 0.103 e. The van der Waals surface area contributed by atoms with Crippen molar-refractivity contribution in [2.45, 2.75) is 13.1 Å². The molecule has 0 saturated carbocycles. The molecule has 0 unspecified atom stereocenters. The molecule has 2 N–H and O–H groups in total. The summed E-state index contributed by atoms with van der Waals surface area (Å²) in [7, 11) is 2.08. The number of thiocarbonyl (C=S) groups is 1. The molecule has 0 aliphatic rings. The summed E-state index contributed by atoms with van der Waals surface area (Å²) in [6.45, 7) is 1.70. The number of benzene rings is 1. The van der Waals surface area contributed by atoms with Crippen molar-refractivity contribution in [1.82, 2.24) is 9.88 Å². The van der Waals surface area contributed by atoms with Crippen molar-refractivity contribution < 1.29 is 0 Å². The zero-order valence-corrected chi connectivity index (χ0v) is 11.8. The normalized spacial score (nSPS) is 10.8. The molecule has 2 rings (SSSR count). The molecule has 0 fully saturated rings. The van der Waals surface area contributed by atoms with E-state index in [1.54, 1.807) is 11.3 Å². The van der Waals surface area contributed by atoms with E-state index >= 15 is 0 Å². The van der Waals surface area contributed by atoms with Crippen molar-refractivity contribution in [2.75, 3.05) is 7.05 Å². The molecule has 0 atom stereocenters. The Kier molecular flexibility index (Phi) is 4.41. The summed E-state index contributed by atoms with van der Waals surface area (Å²) >= 11 is 6.61. The Balaban J connectivity index is 2.00.